The molecule has 76 heavy (non-hydrogen) atoms. The number of ether oxygens (including phenoxy) is 1. The lowest BCUT2D eigenvalue weighted by atomic mass is 9.85. The van der Waals surface area contributed by atoms with Gasteiger partial charge in [-0.1, -0.05) is 68.4 Å². The molecule has 20 nitrogen and oxygen atoms in total. The number of aliphatic hydroxyl groups is 1. The molecule has 4 atom stereocenters. The number of phenols is 1. The highest BCUT2D eigenvalue weighted by atomic mass is 32.1. The number of alkyl halides is 1. The van der Waals surface area contributed by atoms with Crippen molar-refractivity contribution in [3.05, 3.63) is 106 Å². The van der Waals surface area contributed by atoms with Crippen LogP contribution < -0.4 is 31.3 Å². The highest BCUT2D eigenvalue weighted by Crippen LogP contribution is 2.41. The summed E-state index contributed by atoms with van der Waals surface area (Å²) in [6.07, 6.45) is 0.608. The van der Waals surface area contributed by atoms with Crippen LogP contribution in [0.3, 0.4) is 0 Å². The molecule has 1 saturated carbocycles. The zero-order valence-electron chi connectivity index (χ0n) is 42.9. The van der Waals surface area contributed by atoms with Crippen LogP contribution in [0.15, 0.2) is 76.8 Å². The van der Waals surface area contributed by atoms with Crippen LogP contribution in [0.25, 0.3) is 21.8 Å². The van der Waals surface area contributed by atoms with Gasteiger partial charge in [-0.3, -0.25) is 33.6 Å². The topological polar surface area (TPSA) is 275 Å². The normalized spacial score (nSPS) is 17.7. The number of nitrogens with zero attached hydrogens (tertiary/aromatic N) is 4. The van der Waals surface area contributed by atoms with Crippen LogP contribution in [0.5, 0.6) is 11.5 Å². The van der Waals surface area contributed by atoms with Gasteiger partial charge in [-0.2, -0.15) is 0 Å². The van der Waals surface area contributed by atoms with Gasteiger partial charge in [-0.25, -0.2) is 9.37 Å². The zero-order chi connectivity index (χ0) is 54.5. The molecule has 3 aromatic carbocycles. The van der Waals surface area contributed by atoms with Crippen molar-refractivity contribution in [1.82, 2.24) is 46.5 Å². The first-order valence-corrected chi connectivity index (χ1v) is 26.0. The number of fused-ring (bicyclic) bond motifs is 1. The molecule has 1 aliphatic heterocycles. The first-order valence-electron chi connectivity index (χ1n) is 25.1. The minimum Gasteiger partial charge on any atom is -0.507 e. The number of rotatable bonds is 20. The van der Waals surface area contributed by atoms with E-state index >= 15 is 0 Å². The molecule has 0 radical (unpaired) electrons. The van der Waals surface area contributed by atoms with Gasteiger partial charge in [-0.05, 0) is 72.9 Å². The molecule has 3 aliphatic rings. The van der Waals surface area contributed by atoms with E-state index in [1.54, 1.807) is 44.5 Å². The number of aliphatic hydroxyl groups excluding tert-OH is 1. The Morgan fingerprint density at radius 3 is 2.45 bits per heavy atom. The molecule has 1 saturated heterocycles. The van der Waals surface area contributed by atoms with Gasteiger partial charge in [0.05, 0.1) is 33.8 Å². The Kier molecular flexibility index (Phi) is 16.5. The number of aromatic hydroxyl groups is 1. The summed E-state index contributed by atoms with van der Waals surface area (Å²) in [5, 5.41) is 39.1. The number of aryl methyl sites for hydroxylation is 2. The molecule has 402 valence electrons. The minimum atomic E-state index is -2.02. The SMILES string of the molecule is Cc1ncsc1-c1ccc(CNC(=O)[C@@H]2C[C@@H](O)CN2C(=O)C(NC(=O)C2(F)CC2)C(C)(C)C)c(OCC(=O)NCCC(=O)NCCN(C)C(=O)c2ccc(-c3cc(C(=O)N[C@@H]4CCc5ccccc54)no3)cc2O)c1. The van der Waals surface area contributed by atoms with Crippen molar-refractivity contribution in [3.63, 3.8) is 0 Å². The molecular formula is C54H62FN9O11S. The first-order chi connectivity index (χ1) is 36.2. The lowest BCUT2D eigenvalue weighted by Crippen LogP contribution is -2.59. The van der Waals surface area contributed by atoms with E-state index in [0.29, 0.717) is 11.1 Å². The minimum absolute atomic E-state index is 0.00799. The molecule has 7 amide bonds. The number of carbonyl (C=O) groups excluding carboxylic acids is 7. The average Bonchev–Trinajstić information content (AvgIpc) is 3.86. The number of carbonyl (C=O) groups is 7. The number of nitrogens with one attached hydrogen (secondary N) is 5. The van der Waals surface area contributed by atoms with Crippen molar-refractivity contribution in [1.29, 1.82) is 0 Å². The quantitative estimate of drug-likeness (QED) is 0.0574. The van der Waals surface area contributed by atoms with E-state index in [-0.39, 0.29) is 93.0 Å². The van der Waals surface area contributed by atoms with E-state index in [2.05, 4.69) is 36.7 Å². The largest absolute Gasteiger partial charge is 0.507 e. The number of likely N-dealkylation sites (N-methyl/N-ethyl adjacent to an activating group) is 1. The number of hydrogen-bond donors (Lipinski definition) is 7. The van der Waals surface area contributed by atoms with Crippen LogP contribution in [0.1, 0.15) is 102 Å². The third-order valence-corrected chi connectivity index (χ3v) is 14.7. The van der Waals surface area contributed by atoms with Gasteiger partial charge in [0.1, 0.15) is 23.6 Å². The van der Waals surface area contributed by atoms with Gasteiger partial charge in [0.25, 0.3) is 23.6 Å². The Hall–Kier alpha value is -7.72. The van der Waals surface area contributed by atoms with Crippen LogP contribution in [0, 0.1) is 12.3 Å². The van der Waals surface area contributed by atoms with Crippen LogP contribution >= 0.6 is 11.3 Å². The molecule has 7 N–H and O–H groups in total. The van der Waals surface area contributed by atoms with Gasteiger partial charge >= 0.3 is 0 Å². The molecule has 8 rings (SSSR count). The summed E-state index contributed by atoms with van der Waals surface area (Å²) in [7, 11) is 1.52. The second-order valence-electron chi connectivity index (χ2n) is 20.5. The fourth-order valence-electron chi connectivity index (χ4n) is 9.16. The van der Waals surface area contributed by atoms with Gasteiger partial charge in [0.15, 0.2) is 23.7 Å². The summed E-state index contributed by atoms with van der Waals surface area (Å²) in [5.41, 5.74) is 3.60. The number of hydrogen-bond acceptors (Lipinski definition) is 14. The van der Waals surface area contributed by atoms with E-state index in [9.17, 15) is 48.2 Å². The molecule has 0 bridgehead atoms. The Morgan fingerprint density at radius 1 is 0.974 bits per heavy atom. The van der Waals surface area contributed by atoms with Crippen LogP contribution in [-0.4, -0.2) is 135 Å². The third kappa shape index (κ3) is 12.8. The van der Waals surface area contributed by atoms with E-state index in [0.717, 1.165) is 34.5 Å². The van der Waals surface area contributed by atoms with Crippen molar-refractivity contribution in [3.8, 4) is 33.3 Å². The predicted octanol–water partition coefficient (Wildman–Crippen LogP) is 4.28. The maximum Gasteiger partial charge on any atom is 0.273 e. The highest BCUT2D eigenvalue weighted by molar-refractivity contribution is 7.13. The number of thiazole rings is 1. The number of phenolic OH excluding ortho intramolecular Hbond substituents is 1. The van der Waals surface area contributed by atoms with Gasteiger partial charge in [0, 0.05) is 69.8 Å². The fourth-order valence-corrected chi connectivity index (χ4v) is 9.97. The summed E-state index contributed by atoms with van der Waals surface area (Å²) in [5.74, 6) is -3.73. The van der Waals surface area contributed by atoms with Crippen LogP contribution in [0.2, 0.25) is 0 Å². The summed E-state index contributed by atoms with van der Waals surface area (Å²) >= 11 is 1.41. The number of β-amino-alcohol motifs (C(OH)–C–C–N with tert-alkyl or cyclic N) is 1. The standard InChI is InChI=1S/C54H62FN9O11S/c1-30-46(76-29-59-30)33-10-11-34(26-58-49(70)40-24-35(65)27-64(40)51(72)47(53(2,3)4)61-52(73)54(55)17-18-54)42(23-33)74-28-45(68)56-19-16-44(67)57-20-21-63(5)50(71)37-14-12-32(22-41(37)66)43-25-39(62-75-43)48(69)60-38-15-13-31-8-6-7-9-36(31)38/h6-12,14,22-23,25,29,35,38,40,47,65-66H,13,15-21,24,26-28H2,1-5H3,(H,56,68)(H,57,67)(H,58,70)(H,60,69)(H,61,73)/t35-,38-,40+,47?/m1/s1. The van der Waals surface area contributed by atoms with Gasteiger partial charge in [-0.15, -0.1) is 11.3 Å². The monoisotopic (exact) mass is 1060 g/mol. The lowest BCUT2D eigenvalue weighted by Gasteiger charge is -2.35. The Balaban J connectivity index is 0.788. The molecular weight excluding hydrogens is 1000 g/mol. The average molecular weight is 1060 g/mol. The molecule has 0 spiro atoms. The Morgan fingerprint density at radius 2 is 1.72 bits per heavy atom. The van der Waals surface area contributed by atoms with Crippen molar-refractivity contribution in [2.75, 3.05) is 39.8 Å². The second kappa shape index (κ2) is 23.0. The Bertz CT molecular complexity index is 3020. The van der Waals surface area contributed by atoms with E-state index in [1.807, 2.05) is 37.3 Å². The zero-order valence-corrected chi connectivity index (χ0v) is 43.7. The summed E-state index contributed by atoms with van der Waals surface area (Å²) in [6, 6.07) is 16.6. The van der Waals surface area contributed by atoms with Gasteiger partial charge in [0.2, 0.25) is 17.7 Å². The van der Waals surface area contributed by atoms with E-state index < -0.39 is 77.2 Å². The number of aromatic nitrogens is 2. The smallest absolute Gasteiger partial charge is 0.273 e. The molecule has 22 heteroatoms. The summed E-state index contributed by atoms with van der Waals surface area (Å²) in [6.45, 7) is 6.45. The molecule has 3 heterocycles. The molecule has 2 aliphatic carbocycles. The third-order valence-electron chi connectivity index (χ3n) is 13.7. The molecule has 1 unspecified atom stereocenters. The first kappa shape index (κ1) is 54.5. The van der Waals surface area contributed by atoms with E-state index in [1.165, 1.54) is 51.9 Å². The van der Waals surface area contributed by atoms with Crippen molar-refractivity contribution < 1.29 is 57.4 Å². The summed E-state index contributed by atoms with van der Waals surface area (Å²) in [4.78, 5) is 100. The maximum absolute atomic E-state index is 14.7. The predicted molar refractivity (Wildman–Crippen MR) is 276 cm³/mol. The molecule has 2 aromatic heterocycles. The van der Waals surface area contributed by atoms with Gasteiger partial charge < -0.3 is 55.9 Å². The van der Waals surface area contributed by atoms with Crippen molar-refractivity contribution >= 4 is 52.7 Å². The summed E-state index contributed by atoms with van der Waals surface area (Å²) < 4.78 is 26.1. The highest BCUT2D eigenvalue weighted by Gasteiger charge is 2.53. The maximum atomic E-state index is 14.7. The number of benzene rings is 3. The van der Waals surface area contributed by atoms with E-state index in [4.69, 9.17) is 9.26 Å². The number of halogens is 1. The molecule has 2 fully saturated rings. The fraction of sp³-hybridized carbons (Fsp3) is 0.426. The van der Waals surface area contributed by atoms with Crippen molar-refractivity contribution in [2.24, 2.45) is 5.41 Å². The second-order valence-corrected chi connectivity index (χ2v) is 21.3. The van der Waals surface area contributed by atoms with Crippen LogP contribution in [-0.2, 0) is 36.9 Å². The Labute approximate surface area is 442 Å². The van der Waals surface area contributed by atoms with Crippen molar-refractivity contribution in [2.45, 2.75) is 103 Å². The van der Waals surface area contributed by atoms with Crippen LogP contribution in [0.4, 0.5) is 4.39 Å². The number of amides is 7. The molecule has 5 aromatic rings. The number of likely N-dealkylation sites (tertiary alicyclic amines) is 1. The lowest BCUT2D eigenvalue weighted by molar-refractivity contribution is -0.145.